The molecule has 5 heteroatoms. The highest BCUT2D eigenvalue weighted by Gasteiger charge is 2.16. The Morgan fingerprint density at radius 3 is 2.81 bits per heavy atom. The third-order valence-corrected chi connectivity index (χ3v) is 3.58. The van der Waals surface area contributed by atoms with E-state index in [1.165, 1.54) is 18.5 Å². The van der Waals surface area contributed by atoms with E-state index in [-0.39, 0.29) is 0 Å². The van der Waals surface area contributed by atoms with E-state index in [0.29, 0.717) is 6.54 Å². The average Bonchev–Trinajstić information content (AvgIpc) is 2.80. The van der Waals surface area contributed by atoms with E-state index in [1.54, 1.807) is 0 Å². The molecule has 0 amide bonds. The van der Waals surface area contributed by atoms with E-state index in [1.807, 2.05) is 12.1 Å². The van der Waals surface area contributed by atoms with E-state index in [2.05, 4.69) is 36.9 Å². The van der Waals surface area contributed by atoms with Crippen LogP contribution in [0.25, 0.3) is 10.4 Å². The highest BCUT2D eigenvalue weighted by Crippen LogP contribution is 2.30. The summed E-state index contributed by atoms with van der Waals surface area (Å²) in [5, 5.41) is 3.66. The van der Waals surface area contributed by atoms with E-state index in [9.17, 15) is 0 Å². The minimum atomic E-state index is 0.407. The van der Waals surface area contributed by atoms with Crippen LogP contribution < -0.4 is 4.90 Å². The maximum atomic E-state index is 8.40. The van der Waals surface area contributed by atoms with Gasteiger partial charge in [-0.05, 0) is 36.1 Å². The first-order valence-corrected chi connectivity index (χ1v) is 6.15. The molecule has 1 aliphatic rings. The molecule has 0 aromatic heterocycles. The van der Waals surface area contributed by atoms with Crippen molar-refractivity contribution in [1.29, 1.82) is 0 Å². The summed E-state index contributed by atoms with van der Waals surface area (Å²) in [6.45, 7) is 2.60. The van der Waals surface area contributed by atoms with E-state index < -0.39 is 0 Å². The summed E-state index contributed by atoms with van der Waals surface area (Å²) in [7, 11) is 0. The van der Waals surface area contributed by atoms with Crippen LogP contribution in [0.15, 0.2) is 27.8 Å². The number of nitrogens with zero attached hydrogens (tertiary/aromatic N) is 4. The van der Waals surface area contributed by atoms with Crippen LogP contribution in [0.5, 0.6) is 0 Å². The number of rotatable bonds is 3. The monoisotopic (exact) mass is 280 g/mol. The summed E-state index contributed by atoms with van der Waals surface area (Å²) >= 11 is 3.51. The van der Waals surface area contributed by atoms with Gasteiger partial charge in [0.25, 0.3) is 0 Å². The summed E-state index contributed by atoms with van der Waals surface area (Å²) in [6.07, 6.45) is 2.49. The molecule has 0 N–H and O–H groups in total. The maximum Gasteiger partial charge on any atom is 0.0542 e. The summed E-state index contributed by atoms with van der Waals surface area (Å²) in [5.41, 5.74) is 10.7. The topological polar surface area (TPSA) is 52.0 Å². The quantitative estimate of drug-likeness (QED) is 0.471. The molecule has 0 bridgehead atoms. The summed E-state index contributed by atoms with van der Waals surface area (Å²) in [4.78, 5) is 5.18. The Balaban J connectivity index is 2.34. The Kier molecular flexibility index (Phi) is 3.70. The molecule has 1 aliphatic heterocycles. The fraction of sp³-hybridized carbons (Fsp3) is 0.455. The van der Waals surface area contributed by atoms with Gasteiger partial charge in [0.1, 0.15) is 0 Å². The zero-order valence-corrected chi connectivity index (χ0v) is 10.5. The first kappa shape index (κ1) is 11.3. The van der Waals surface area contributed by atoms with Crippen LogP contribution in [0.4, 0.5) is 5.69 Å². The summed E-state index contributed by atoms with van der Waals surface area (Å²) in [6, 6.07) is 6.11. The van der Waals surface area contributed by atoms with Crippen LogP contribution >= 0.6 is 15.9 Å². The van der Waals surface area contributed by atoms with Gasteiger partial charge in [0.05, 0.1) is 6.54 Å². The normalized spacial score (nSPS) is 14.9. The Morgan fingerprint density at radius 1 is 1.38 bits per heavy atom. The number of azide groups is 1. The molecule has 84 valence electrons. The molecule has 0 unspecified atom stereocenters. The Morgan fingerprint density at radius 2 is 2.12 bits per heavy atom. The van der Waals surface area contributed by atoms with Gasteiger partial charge in [0.2, 0.25) is 0 Å². The lowest BCUT2D eigenvalue weighted by Crippen LogP contribution is -2.19. The number of hydrogen-bond acceptors (Lipinski definition) is 2. The second-order valence-corrected chi connectivity index (χ2v) is 4.67. The molecule has 0 atom stereocenters. The van der Waals surface area contributed by atoms with Crippen molar-refractivity contribution in [3.8, 4) is 0 Å². The van der Waals surface area contributed by atoms with Gasteiger partial charge in [0.15, 0.2) is 0 Å². The average molecular weight is 281 g/mol. The van der Waals surface area contributed by atoms with Gasteiger partial charge in [-0.2, -0.15) is 0 Å². The molecule has 0 saturated carbocycles. The fourth-order valence-corrected chi connectivity index (χ4v) is 2.54. The predicted molar refractivity (Wildman–Crippen MR) is 68.4 cm³/mol. The zero-order valence-electron chi connectivity index (χ0n) is 8.93. The van der Waals surface area contributed by atoms with Crippen molar-refractivity contribution >= 4 is 21.6 Å². The van der Waals surface area contributed by atoms with E-state index >= 15 is 0 Å². The molecule has 1 aromatic rings. The van der Waals surface area contributed by atoms with Crippen molar-refractivity contribution in [3.05, 3.63) is 38.7 Å². The van der Waals surface area contributed by atoms with Crippen LogP contribution in [-0.4, -0.2) is 13.1 Å². The number of anilines is 1. The molecule has 16 heavy (non-hydrogen) atoms. The van der Waals surface area contributed by atoms with E-state index in [4.69, 9.17) is 5.53 Å². The summed E-state index contributed by atoms with van der Waals surface area (Å²) < 4.78 is 1.02. The van der Waals surface area contributed by atoms with Gasteiger partial charge >= 0.3 is 0 Å². The minimum Gasteiger partial charge on any atom is -0.371 e. The molecule has 1 heterocycles. The molecular weight excluding hydrogens is 268 g/mol. The maximum absolute atomic E-state index is 8.40. The molecule has 2 rings (SSSR count). The first-order valence-electron chi connectivity index (χ1n) is 5.36. The smallest absolute Gasteiger partial charge is 0.0542 e. The van der Waals surface area contributed by atoms with Crippen molar-refractivity contribution in [2.45, 2.75) is 19.4 Å². The Bertz CT molecular complexity index is 420. The molecule has 1 saturated heterocycles. The van der Waals surface area contributed by atoms with Crippen molar-refractivity contribution in [2.24, 2.45) is 5.11 Å². The molecular formula is C11H13BrN4. The number of hydrogen-bond donors (Lipinski definition) is 0. The third kappa shape index (κ3) is 2.31. The first-order chi connectivity index (χ1) is 7.83. The number of benzene rings is 1. The van der Waals surface area contributed by atoms with Crippen LogP contribution in [0.3, 0.4) is 0 Å². The van der Waals surface area contributed by atoms with Crippen LogP contribution in [0.2, 0.25) is 0 Å². The summed E-state index contributed by atoms with van der Waals surface area (Å²) in [5.74, 6) is 0. The van der Waals surface area contributed by atoms with Crippen LogP contribution in [0, 0.1) is 0 Å². The van der Waals surface area contributed by atoms with Crippen molar-refractivity contribution in [2.75, 3.05) is 18.0 Å². The minimum absolute atomic E-state index is 0.407. The molecule has 0 spiro atoms. The van der Waals surface area contributed by atoms with Crippen molar-refractivity contribution in [3.63, 3.8) is 0 Å². The Labute approximate surface area is 103 Å². The molecule has 0 radical (unpaired) electrons. The van der Waals surface area contributed by atoms with Gasteiger partial charge in [-0.15, -0.1) is 0 Å². The van der Waals surface area contributed by atoms with Crippen LogP contribution in [-0.2, 0) is 6.54 Å². The number of halogens is 1. The molecule has 1 aromatic carbocycles. The van der Waals surface area contributed by atoms with Crippen molar-refractivity contribution < 1.29 is 0 Å². The molecule has 0 aliphatic carbocycles. The van der Waals surface area contributed by atoms with Gasteiger partial charge in [-0.25, -0.2) is 0 Å². The predicted octanol–water partition coefficient (Wildman–Crippen LogP) is 3.86. The van der Waals surface area contributed by atoms with Crippen LogP contribution in [0.1, 0.15) is 18.4 Å². The second kappa shape index (κ2) is 5.23. The SMILES string of the molecule is [N-]=[N+]=NCc1c(Br)cccc1N1CCCC1. The van der Waals surface area contributed by atoms with Gasteiger partial charge in [-0.1, -0.05) is 27.1 Å². The Hall–Kier alpha value is -1.19. The standard InChI is InChI=1S/C11H13BrN4/c12-10-4-3-5-11(9(10)8-14-15-13)16-6-1-2-7-16/h3-5H,1-2,6-8H2. The lowest BCUT2D eigenvalue weighted by atomic mass is 10.1. The second-order valence-electron chi connectivity index (χ2n) is 3.82. The van der Waals surface area contributed by atoms with Crippen molar-refractivity contribution in [1.82, 2.24) is 0 Å². The largest absolute Gasteiger partial charge is 0.371 e. The molecule has 1 fully saturated rings. The van der Waals surface area contributed by atoms with Gasteiger partial charge in [0, 0.05) is 28.2 Å². The third-order valence-electron chi connectivity index (χ3n) is 2.83. The lowest BCUT2D eigenvalue weighted by Gasteiger charge is -2.21. The van der Waals surface area contributed by atoms with E-state index in [0.717, 1.165) is 23.1 Å². The highest BCUT2D eigenvalue weighted by molar-refractivity contribution is 9.10. The van der Waals surface area contributed by atoms with Gasteiger partial charge in [-0.3, -0.25) is 0 Å². The zero-order chi connectivity index (χ0) is 11.4. The fourth-order valence-electron chi connectivity index (χ4n) is 2.06. The highest BCUT2D eigenvalue weighted by atomic mass is 79.9. The van der Waals surface area contributed by atoms with Gasteiger partial charge < -0.3 is 4.90 Å². The molecule has 4 nitrogen and oxygen atoms in total. The lowest BCUT2D eigenvalue weighted by molar-refractivity contribution is 0.934.